The number of rotatable bonds is 12. The van der Waals surface area contributed by atoms with E-state index in [1.54, 1.807) is 18.4 Å². The van der Waals surface area contributed by atoms with Crippen LogP contribution in [0.2, 0.25) is 0 Å². The van der Waals surface area contributed by atoms with Crippen LogP contribution in [0.4, 0.5) is 5.69 Å². The van der Waals surface area contributed by atoms with Gasteiger partial charge in [0.2, 0.25) is 5.69 Å². The molecule has 3 N–H and O–H groups in total. The van der Waals surface area contributed by atoms with E-state index in [1.165, 1.54) is 6.08 Å². The van der Waals surface area contributed by atoms with Crippen molar-refractivity contribution in [2.75, 3.05) is 13.2 Å². The van der Waals surface area contributed by atoms with Gasteiger partial charge in [0.05, 0.1) is 31.9 Å². The van der Waals surface area contributed by atoms with Crippen LogP contribution < -0.4 is 5.32 Å². The van der Waals surface area contributed by atoms with Crippen LogP contribution in [0.5, 0.6) is 0 Å². The number of benzene rings is 1. The number of fused-ring (bicyclic) bond motifs is 1. The fraction of sp³-hybridized carbons (Fsp3) is 0.529. The number of hydrogen-bond acceptors (Lipinski definition) is 8. The van der Waals surface area contributed by atoms with Crippen molar-refractivity contribution in [2.45, 2.75) is 86.4 Å². The average Bonchev–Trinajstić information content (AvgIpc) is 3.50. The van der Waals surface area contributed by atoms with E-state index in [4.69, 9.17) is 25.8 Å². The monoisotopic (exact) mass is 619 g/mol. The van der Waals surface area contributed by atoms with Crippen molar-refractivity contribution in [3.8, 4) is 11.4 Å². The second-order valence-electron chi connectivity index (χ2n) is 12.2. The van der Waals surface area contributed by atoms with Crippen molar-refractivity contribution >= 4 is 23.3 Å². The zero-order chi connectivity index (χ0) is 32.8. The summed E-state index contributed by atoms with van der Waals surface area (Å²) in [6, 6.07) is 5.37. The zero-order valence-electron chi connectivity index (χ0n) is 27.3. The molecular weight excluding hydrogens is 574 g/mol. The summed E-state index contributed by atoms with van der Waals surface area (Å²) < 4.78 is 18.1. The first-order valence-corrected chi connectivity index (χ1v) is 15.7. The summed E-state index contributed by atoms with van der Waals surface area (Å²) in [6.45, 7) is 22.5. The van der Waals surface area contributed by atoms with Gasteiger partial charge < -0.3 is 24.6 Å². The van der Waals surface area contributed by atoms with Gasteiger partial charge in [-0.2, -0.15) is 0 Å². The van der Waals surface area contributed by atoms with E-state index < -0.39 is 18.0 Å². The van der Waals surface area contributed by atoms with E-state index in [0.29, 0.717) is 17.4 Å². The van der Waals surface area contributed by atoms with Gasteiger partial charge in [-0.1, -0.05) is 38.0 Å². The molecule has 0 spiro atoms. The first-order chi connectivity index (χ1) is 21.4. The van der Waals surface area contributed by atoms with Gasteiger partial charge in [-0.25, -0.2) is 14.6 Å². The smallest absolute Gasteiger partial charge is 0.331 e. The maximum Gasteiger partial charge on any atom is 0.331 e. The van der Waals surface area contributed by atoms with Crippen LogP contribution in [0.1, 0.15) is 81.1 Å². The number of H-pyrrole nitrogens is 1. The lowest BCUT2D eigenvalue weighted by molar-refractivity contribution is -0.143. The molecule has 2 heterocycles. The average molecular weight is 620 g/mol. The van der Waals surface area contributed by atoms with Gasteiger partial charge >= 0.3 is 11.9 Å². The molecule has 11 nitrogen and oxygen atoms in total. The SMILES string of the molecule is [C-]#[N+]c1c(C(=O)OC2C(C)CC(C)CC2C)c2nc(-c3cc(C)cc(C)c3)[nH]n2c1CNC(C=C(O)OCC)CC(=O)OCC. The van der Waals surface area contributed by atoms with E-state index in [0.717, 1.165) is 29.5 Å². The van der Waals surface area contributed by atoms with Crippen molar-refractivity contribution in [2.24, 2.45) is 17.8 Å². The summed E-state index contributed by atoms with van der Waals surface area (Å²) in [4.78, 5) is 34.9. The first kappa shape index (κ1) is 33.6. The standard InChI is InChI=1S/C34H45N5O6/c1-9-43-27(40)16-25(17-28(41)44-10-2)36-18-26-30(35-8)29(34(42)45-31-22(6)12-21(5)13-23(31)7)33-37-32(38-39(26)33)24-14-19(3)11-20(4)15-24/h11,14-16,21-23,25,31,36,40H,9-10,12-13,17-18H2,1-7H3,(H,37,38). The molecule has 3 unspecified atom stereocenters. The molecular formula is C34H45N5O6. The number of aromatic amines is 1. The predicted octanol–water partition coefficient (Wildman–Crippen LogP) is 6.57. The molecule has 242 valence electrons. The number of nitrogens with one attached hydrogen (secondary N) is 2. The highest BCUT2D eigenvalue weighted by Crippen LogP contribution is 2.38. The first-order valence-electron chi connectivity index (χ1n) is 15.7. The Morgan fingerprint density at radius 1 is 1.13 bits per heavy atom. The Kier molecular flexibility index (Phi) is 10.9. The van der Waals surface area contributed by atoms with Crippen molar-refractivity contribution < 1.29 is 28.9 Å². The van der Waals surface area contributed by atoms with Crippen LogP contribution >= 0.6 is 0 Å². The summed E-state index contributed by atoms with van der Waals surface area (Å²) in [7, 11) is 0. The van der Waals surface area contributed by atoms with Crippen LogP contribution in [0.3, 0.4) is 0 Å². The molecule has 3 aromatic rings. The summed E-state index contributed by atoms with van der Waals surface area (Å²) in [5.41, 5.74) is 3.89. The summed E-state index contributed by atoms with van der Waals surface area (Å²) in [6.07, 6.45) is 2.94. The van der Waals surface area contributed by atoms with Crippen LogP contribution in [0, 0.1) is 38.2 Å². The fourth-order valence-electron chi connectivity index (χ4n) is 6.57. The van der Waals surface area contributed by atoms with Gasteiger partial charge in [0.25, 0.3) is 5.95 Å². The fourth-order valence-corrected chi connectivity index (χ4v) is 6.57. The lowest BCUT2D eigenvalue weighted by atomic mass is 9.75. The van der Waals surface area contributed by atoms with E-state index in [-0.39, 0.29) is 67.0 Å². The Bertz CT molecular complexity index is 1570. The molecule has 0 bridgehead atoms. The highest BCUT2D eigenvalue weighted by Gasteiger charge is 2.36. The normalized spacial score (nSPS) is 20.9. The molecule has 1 aromatic carbocycles. The number of aliphatic hydroxyl groups excluding tert-OH is 1. The minimum absolute atomic E-state index is 0.0500. The number of aryl methyl sites for hydroxylation is 2. The minimum Gasteiger partial charge on any atom is -0.481 e. The molecule has 0 amide bonds. The van der Waals surface area contributed by atoms with Crippen molar-refractivity contribution in [1.29, 1.82) is 0 Å². The second-order valence-corrected chi connectivity index (χ2v) is 12.2. The maximum atomic E-state index is 13.9. The molecule has 1 aliphatic carbocycles. The number of ether oxygens (including phenoxy) is 3. The molecule has 0 aliphatic heterocycles. The summed E-state index contributed by atoms with van der Waals surface area (Å²) in [5.74, 6) is 0.0658. The maximum absolute atomic E-state index is 13.9. The van der Waals surface area contributed by atoms with Gasteiger partial charge in [-0.15, -0.1) is 0 Å². The van der Waals surface area contributed by atoms with Crippen LogP contribution in [-0.2, 0) is 25.5 Å². The topological polar surface area (TPSA) is 132 Å². The van der Waals surface area contributed by atoms with Crippen molar-refractivity contribution in [3.63, 3.8) is 0 Å². The molecule has 3 atom stereocenters. The quantitative estimate of drug-likeness (QED) is 0.118. The highest BCUT2D eigenvalue weighted by molar-refractivity contribution is 6.04. The Labute approximate surface area is 264 Å². The van der Waals surface area contributed by atoms with Crippen molar-refractivity contribution in [3.05, 3.63) is 64.0 Å². The Morgan fingerprint density at radius 2 is 1.78 bits per heavy atom. The van der Waals surface area contributed by atoms with Gasteiger partial charge in [0.1, 0.15) is 11.7 Å². The predicted molar refractivity (Wildman–Crippen MR) is 171 cm³/mol. The van der Waals surface area contributed by atoms with E-state index in [2.05, 4.69) is 42.1 Å². The van der Waals surface area contributed by atoms with E-state index in [9.17, 15) is 14.7 Å². The van der Waals surface area contributed by atoms with E-state index in [1.807, 2.05) is 26.0 Å². The number of esters is 2. The molecule has 1 fully saturated rings. The van der Waals surface area contributed by atoms with Gasteiger partial charge in [0.15, 0.2) is 11.5 Å². The summed E-state index contributed by atoms with van der Waals surface area (Å²) in [5, 5.41) is 16.7. The molecule has 4 rings (SSSR count). The van der Waals surface area contributed by atoms with Gasteiger partial charge in [-0.05, 0) is 70.4 Å². The number of carbonyl (C=O) groups excluding carboxylic acids is 2. The zero-order valence-corrected chi connectivity index (χ0v) is 27.3. The third-order valence-corrected chi connectivity index (χ3v) is 8.23. The Balaban J connectivity index is 1.78. The number of carbonyl (C=O) groups is 2. The lowest BCUT2D eigenvalue weighted by Crippen LogP contribution is -2.37. The molecule has 1 aliphatic rings. The number of nitrogens with zero attached hydrogens (tertiary/aromatic N) is 3. The minimum atomic E-state index is -0.692. The summed E-state index contributed by atoms with van der Waals surface area (Å²) >= 11 is 0. The number of hydrogen-bond donors (Lipinski definition) is 3. The molecule has 0 saturated heterocycles. The largest absolute Gasteiger partial charge is 0.481 e. The second kappa shape index (κ2) is 14.7. The van der Waals surface area contributed by atoms with Crippen LogP contribution in [0.15, 0.2) is 30.2 Å². The molecule has 11 heteroatoms. The van der Waals surface area contributed by atoms with Gasteiger partial charge in [-0.3, -0.25) is 14.4 Å². The third-order valence-electron chi connectivity index (χ3n) is 8.23. The van der Waals surface area contributed by atoms with Crippen molar-refractivity contribution in [1.82, 2.24) is 19.9 Å². The Morgan fingerprint density at radius 3 is 2.38 bits per heavy atom. The number of aromatic nitrogens is 3. The van der Waals surface area contributed by atoms with Gasteiger partial charge in [0, 0.05) is 24.2 Å². The molecule has 45 heavy (non-hydrogen) atoms. The highest BCUT2D eigenvalue weighted by atomic mass is 16.6. The van der Waals surface area contributed by atoms with Crippen LogP contribution in [0.25, 0.3) is 21.9 Å². The molecule has 0 radical (unpaired) electrons. The third kappa shape index (κ3) is 7.87. The van der Waals surface area contributed by atoms with Crippen LogP contribution in [-0.4, -0.2) is 57.0 Å². The molecule has 2 aromatic heterocycles. The Hall–Kier alpha value is -4.30. The lowest BCUT2D eigenvalue weighted by Gasteiger charge is -2.37. The van der Waals surface area contributed by atoms with E-state index >= 15 is 0 Å². The molecule has 1 saturated carbocycles. The number of aliphatic hydroxyl groups is 1.